The van der Waals surface area contributed by atoms with Crippen LogP contribution < -0.4 is 15.5 Å². The minimum absolute atomic E-state index is 0.301. The lowest BCUT2D eigenvalue weighted by Crippen LogP contribution is -2.32. The molecule has 190 valence electrons. The molecule has 37 heavy (non-hydrogen) atoms. The predicted octanol–water partition coefficient (Wildman–Crippen LogP) is 4.48. The number of halogens is 1. The molecule has 0 aliphatic heterocycles. The second-order valence-electron chi connectivity index (χ2n) is 8.00. The van der Waals surface area contributed by atoms with Gasteiger partial charge in [-0.25, -0.2) is 15.0 Å². The first-order valence-electron chi connectivity index (χ1n) is 11.3. The Hall–Kier alpha value is -3.83. The Labute approximate surface area is 225 Å². The number of esters is 2. The van der Waals surface area contributed by atoms with Crippen LogP contribution in [0.2, 0.25) is 0 Å². The minimum Gasteiger partial charge on any atom is -0.465 e. The van der Waals surface area contributed by atoms with Crippen LogP contribution in [0.1, 0.15) is 49.6 Å². The van der Waals surface area contributed by atoms with E-state index in [0.29, 0.717) is 31.9 Å². The molecule has 0 radical (unpaired) electrons. The summed E-state index contributed by atoms with van der Waals surface area (Å²) in [4.78, 5) is 50.3. The number of carbonyl (C=O) groups is 4. The van der Waals surface area contributed by atoms with Crippen molar-refractivity contribution in [1.29, 1.82) is 0 Å². The summed E-state index contributed by atoms with van der Waals surface area (Å²) in [6.07, 6.45) is 4.84. The van der Waals surface area contributed by atoms with Crippen molar-refractivity contribution in [2.24, 2.45) is 5.10 Å². The lowest BCUT2D eigenvalue weighted by Gasteiger charge is -2.11. The molecule has 3 aromatic rings. The van der Waals surface area contributed by atoms with E-state index in [1.165, 1.54) is 24.7 Å². The highest BCUT2D eigenvalue weighted by molar-refractivity contribution is 9.10. The summed E-state index contributed by atoms with van der Waals surface area (Å²) < 4.78 is 10.9. The van der Waals surface area contributed by atoms with Crippen molar-refractivity contribution in [3.05, 3.63) is 80.1 Å². The summed E-state index contributed by atoms with van der Waals surface area (Å²) in [6.45, 7) is 0. The number of nitrogens with zero attached hydrogens (tertiary/aromatic N) is 1. The zero-order valence-corrected chi connectivity index (χ0v) is 22.1. The van der Waals surface area contributed by atoms with Crippen molar-refractivity contribution in [2.45, 2.75) is 25.7 Å². The smallest absolute Gasteiger partial charge is 0.344 e. The van der Waals surface area contributed by atoms with Gasteiger partial charge in [0.25, 0.3) is 0 Å². The average Bonchev–Trinajstić information content (AvgIpc) is 3.27. The first-order valence-corrected chi connectivity index (χ1v) is 12.9. The number of ether oxygens (including phenoxy) is 2. The zero-order chi connectivity index (χ0) is 26.4. The van der Waals surface area contributed by atoms with Gasteiger partial charge in [-0.1, -0.05) is 12.1 Å². The fraction of sp³-hybridized carbons (Fsp3) is 0.192. The Bertz CT molecular complexity index is 1380. The van der Waals surface area contributed by atoms with Crippen LogP contribution in [0.4, 0.5) is 5.00 Å². The van der Waals surface area contributed by atoms with Crippen molar-refractivity contribution in [3.8, 4) is 5.75 Å². The van der Waals surface area contributed by atoms with E-state index in [2.05, 4.69) is 31.8 Å². The maximum absolute atomic E-state index is 12.4. The molecule has 11 heteroatoms. The zero-order valence-electron chi connectivity index (χ0n) is 19.7. The van der Waals surface area contributed by atoms with Crippen LogP contribution in [0, 0.1) is 0 Å². The summed E-state index contributed by atoms with van der Waals surface area (Å²) in [7, 11) is 1.28. The lowest BCUT2D eigenvalue weighted by atomic mass is 9.95. The number of hydrogen-bond donors (Lipinski definition) is 2. The van der Waals surface area contributed by atoms with Crippen LogP contribution in [0.15, 0.2) is 58.1 Å². The molecule has 0 saturated carbocycles. The third-order valence-corrected chi connectivity index (χ3v) is 7.46. The number of amides is 2. The van der Waals surface area contributed by atoms with Crippen LogP contribution in [-0.4, -0.2) is 37.1 Å². The van der Waals surface area contributed by atoms with E-state index in [1.54, 1.807) is 48.5 Å². The number of rotatable bonds is 6. The molecular weight excluding hydrogens is 562 g/mol. The average molecular weight is 584 g/mol. The van der Waals surface area contributed by atoms with Crippen LogP contribution in [-0.2, 0) is 27.2 Å². The molecule has 0 spiro atoms. The molecule has 1 aromatic heterocycles. The fourth-order valence-corrected chi connectivity index (χ4v) is 5.48. The molecule has 4 rings (SSSR count). The number of thiophene rings is 1. The Morgan fingerprint density at radius 2 is 1.70 bits per heavy atom. The van der Waals surface area contributed by atoms with E-state index in [1.807, 2.05) is 0 Å². The molecule has 9 nitrogen and oxygen atoms in total. The normalized spacial score (nSPS) is 12.5. The van der Waals surface area contributed by atoms with E-state index in [9.17, 15) is 19.2 Å². The van der Waals surface area contributed by atoms with E-state index in [4.69, 9.17) is 9.47 Å². The summed E-state index contributed by atoms with van der Waals surface area (Å²) in [5.41, 5.74) is 4.35. The van der Waals surface area contributed by atoms with E-state index in [0.717, 1.165) is 36.1 Å². The van der Waals surface area contributed by atoms with E-state index < -0.39 is 23.8 Å². The highest BCUT2D eigenvalue weighted by Crippen LogP contribution is 2.38. The van der Waals surface area contributed by atoms with Crippen molar-refractivity contribution >= 4 is 62.2 Å². The largest absolute Gasteiger partial charge is 0.465 e. The number of anilines is 1. The molecule has 2 aromatic carbocycles. The Kier molecular flexibility index (Phi) is 8.47. The van der Waals surface area contributed by atoms with Crippen molar-refractivity contribution in [3.63, 3.8) is 0 Å². The van der Waals surface area contributed by atoms with Gasteiger partial charge in [0, 0.05) is 9.35 Å². The second-order valence-corrected chi connectivity index (χ2v) is 9.96. The molecule has 1 aliphatic rings. The van der Waals surface area contributed by atoms with Crippen molar-refractivity contribution in [2.75, 3.05) is 12.4 Å². The number of aryl methyl sites for hydroxylation is 1. The van der Waals surface area contributed by atoms with Crippen LogP contribution in [0.25, 0.3) is 0 Å². The molecule has 0 unspecified atom stereocenters. The van der Waals surface area contributed by atoms with Gasteiger partial charge < -0.3 is 14.8 Å². The van der Waals surface area contributed by atoms with Crippen molar-refractivity contribution in [1.82, 2.24) is 5.43 Å². The third kappa shape index (κ3) is 6.30. The molecule has 0 saturated heterocycles. The second kappa shape index (κ2) is 11.9. The summed E-state index contributed by atoms with van der Waals surface area (Å²) in [6, 6.07) is 13.4. The number of hydrazone groups is 1. The van der Waals surface area contributed by atoms with Crippen molar-refractivity contribution < 1.29 is 28.7 Å². The highest BCUT2D eigenvalue weighted by atomic mass is 79.9. The van der Waals surface area contributed by atoms with Gasteiger partial charge in [-0.05, 0) is 89.1 Å². The van der Waals surface area contributed by atoms with E-state index in [-0.39, 0.29) is 0 Å². The number of methoxy groups -OCH3 is 1. The molecule has 0 atom stereocenters. The quantitative estimate of drug-likeness (QED) is 0.145. The number of nitrogens with one attached hydrogen (secondary N) is 2. The van der Waals surface area contributed by atoms with Gasteiger partial charge in [-0.15, -0.1) is 11.3 Å². The highest BCUT2D eigenvalue weighted by Gasteiger charge is 2.28. The summed E-state index contributed by atoms with van der Waals surface area (Å²) in [5.74, 6) is -2.65. The summed E-state index contributed by atoms with van der Waals surface area (Å²) in [5, 5.41) is 6.62. The summed E-state index contributed by atoms with van der Waals surface area (Å²) >= 11 is 4.60. The maximum Gasteiger partial charge on any atom is 0.344 e. The van der Waals surface area contributed by atoms with Gasteiger partial charge in [0.15, 0.2) is 0 Å². The van der Waals surface area contributed by atoms with Gasteiger partial charge in [-0.2, -0.15) is 5.10 Å². The molecular formula is C26H22BrN3O6S. The van der Waals surface area contributed by atoms with Gasteiger partial charge in [0.05, 0.1) is 24.5 Å². The number of hydrogen-bond acceptors (Lipinski definition) is 8. The monoisotopic (exact) mass is 583 g/mol. The predicted molar refractivity (Wildman–Crippen MR) is 142 cm³/mol. The Balaban J connectivity index is 1.34. The Morgan fingerprint density at radius 1 is 0.973 bits per heavy atom. The molecule has 0 fully saturated rings. The van der Waals surface area contributed by atoms with Crippen LogP contribution in [0.5, 0.6) is 5.75 Å². The standard InChI is InChI=1S/C26H22BrN3O6S/c1-35-26(34)21-18-7-3-5-9-20(18)37-24(21)29-22(31)23(32)30-28-14-15-10-12-16(13-11-15)36-25(33)17-6-2-4-8-19(17)27/h2,4,6,8,10-14H,3,5,7,9H2,1H3,(H,29,31)(H,30,32). The SMILES string of the molecule is COC(=O)c1c(NC(=O)C(=O)NN=Cc2ccc(OC(=O)c3ccccc3Br)cc2)sc2c1CCCC2. The first-order chi connectivity index (χ1) is 17.9. The first kappa shape index (κ1) is 26.2. The fourth-order valence-electron chi connectivity index (χ4n) is 3.76. The third-order valence-electron chi connectivity index (χ3n) is 5.56. The maximum atomic E-state index is 12.4. The van der Waals surface area contributed by atoms with E-state index >= 15 is 0 Å². The van der Waals surface area contributed by atoms with Gasteiger partial charge in [0.2, 0.25) is 0 Å². The number of benzene rings is 2. The molecule has 1 heterocycles. The van der Waals surface area contributed by atoms with Gasteiger partial charge in [0.1, 0.15) is 10.8 Å². The topological polar surface area (TPSA) is 123 Å². The van der Waals surface area contributed by atoms with Gasteiger partial charge >= 0.3 is 23.8 Å². The van der Waals surface area contributed by atoms with Crippen LogP contribution in [0.3, 0.4) is 0 Å². The lowest BCUT2D eigenvalue weighted by molar-refractivity contribution is -0.136. The number of carbonyl (C=O) groups excluding carboxylic acids is 4. The molecule has 0 bridgehead atoms. The number of fused-ring (bicyclic) bond motifs is 1. The molecule has 2 N–H and O–H groups in total. The van der Waals surface area contributed by atoms with Crippen LogP contribution >= 0.6 is 27.3 Å². The molecule has 1 aliphatic carbocycles. The van der Waals surface area contributed by atoms with Gasteiger partial charge in [-0.3, -0.25) is 9.59 Å². The Morgan fingerprint density at radius 3 is 2.43 bits per heavy atom. The minimum atomic E-state index is -0.988. The molecule has 2 amide bonds.